The van der Waals surface area contributed by atoms with E-state index in [1.165, 1.54) is 0 Å². The molecule has 20 heavy (non-hydrogen) atoms. The lowest BCUT2D eigenvalue weighted by Gasteiger charge is -2.13. The maximum absolute atomic E-state index is 12.4. The van der Waals surface area contributed by atoms with Crippen LogP contribution in [0.4, 0.5) is 11.5 Å². The first kappa shape index (κ1) is 12.8. The van der Waals surface area contributed by atoms with Gasteiger partial charge in [-0.25, -0.2) is 9.88 Å². The number of hydrogen-bond donors (Lipinski definition) is 1. The van der Waals surface area contributed by atoms with E-state index in [-0.39, 0.29) is 5.56 Å². The lowest BCUT2D eigenvalue weighted by molar-refractivity contribution is 0.0925. The van der Waals surface area contributed by atoms with Crippen LogP contribution in [-0.2, 0) is 0 Å². The summed E-state index contributed by atoms with van der Waals surface area (Å²) in [4.78, 5) is 29.9. The SMILES string of the molecule is Cc1cc(N2C(=O)c3cccc(N)c3C2=O)ncc1Br. The average molecular weight is 332 g/mol. The van der Waals surface area contributed by atoms with Gasteiger partial charge in [-0.3, -0.25) is 9.59 Å². The maximum Gasteiger partial charge on any atom is 0.269 e. The molecule has 0 unspecified atom stereocenters. The molecule has 100 valence electrons. The fourth-order valence-corrected chi connectivity index (χ4v) is 2.38. The topological polar surface area (TPSA) is 76.3 Å². The molecule has 2 amide bonds. The number of benzene rings is 1. The summed E-state index contributed by atoms with van der Waals surface area (Å²) in [5.74, 6) is -0.528. The highest BCUT2D eigenvalue weighted by Crippen LogP contribution is 2.31. The van der Waals surface area contributed by atoms with Gasteiger partial charge < -0.3 is 5.73 Å². The normalized spacial score (nSPS) is 13.8. The first-order chi connectivity index (χ1) is 9.50. The van der Waals surface area contributed by atoms with Crippen molar-refractivity contribution >= 4 is 39.2 Å². The lowest BCUT2D eigenvalue weighted by Crippen LogP contribution is -2.30. The number of amides is 2. The molecule has 3 rings (SSSR count). The highest BCUT2D eigenvalue weighted by Gasteiger charge is 2.38. The molecule has 6 heteroatoms. The highest BCUT2D eigenvalue weighted by molar-refractivity contribution is 9.10. The van der Waals surface area contributed by atoms with Gasteiger partial charge in [0.1, 0.15) is 5.82 Å². The molecule has 1 aliphatic rings. The van der Waals surface area contributed by atoms with Gasteiger partial charge in [-0.2, -0.15) is 0 Å². The number of anilines is 2. The van der Waals surface area contributed by atoms with Gasteiger partial charge in [0, 0.05) is 16.4 Å². The molecule has 0 atom stereocenters. The van der Waals surface area contributed by atoms with Crippen molar-refractivity contribution in [1.82, 2.24) is 4.98 Å². The Morgan fingerprint density at radius 1 is 1.25 bits per heavy atom. The summed E-state index contributed by atoms with van der Waals surface area (Å²) in [5, 5.41) is 0. The number of aryl methyl sites for hydroxylation is 1. The fourth-order valence-electron chi connectivity index (χ4n) is 2.17. The van der Waals surface area contributed by atoms with Gasteiger partial charge in [0.25, 0.3) is 11.8 Å². The van der Waals surface area contributed by atoms with Gasteiger partial charge in [0.2, 0.25) is 0 Å². The number of imide groups is 1. The fraction of sp³-hybridized carbons (Fsp3) is 0.0714. The van der Waals surface area contributed by atoms with E-state index >= 15 is 0 Å². The van der Waals surface area contributed by atoms with E-state index in [9.17, 15) is 9.59 Å². The molecule has 1 aromatic heterocycles. The molecule has 0 spiro atoms. The minimum absolute atomic E-state index is 0.250. The predicted octanol–water partition coefficient (Wildman–Crippen LogP) is 2.54. The summed E-state index contributed by atoms with van der Waals surface area (Å²) in [5.41, 5.74) is 7.55. The van der Waals surface area contributed by atoms with E-state index in [0.717, 1.165) is 14.9 Å². The van der Waals surface area contributed by atoms with Crippen molar-refractivity contribution in [2.45, 2.75) is 6.92 Å². The molecule has 1 aromatic carbocycles. The third-order valence-corrected chi connectivity index (χ3v) is 4.04. The van der Waals surface area contributed by atoms with E-state index in [1.54, 1.807) is 30.5 Å². The average Bonchev–Trinajstić information content (AvgIpc) is 2.67. The largest absolute Gasteiger partial charge is 0.398 e. The van der Waals surface area contributed by atoms with Crippen molar-refractivity contribution in [2.24, 2.45) is 0 Å². The molecule has 0 bridgehead atoms. The van der Waals surface area contributed by atoms with Crippen LogP contribution in [-0.4, -0.2) is 16.8 Å². The molecule has 2 aromatic rings. The van der Waals surface area contributed by atoms with Crippen molar-refractivity contribution in [1.29, 1.82) is 0 Å². The molecule has 2 N–H and O–H groups in total. The van der Waals surface area contributed by atoms with Crippen molar-refractivity contribution < 1.29 is 9.59 Å². The summed E-state index contributed by atoms with van der Waals surface area (Å²) in [7, 11) is 0. The first-order valence-electron chi connectivity index (χ1n) is 5.90. The van der Waals surface area contributed by atoms with E-state index in [1.807, 2.05) is 6.92 Å². The van der Waals surface area contributed by atoms with E-state index < -0.39 is 11.8 Å². The highest BCUT2D eigenvalue weighted by atomic mass is 79.9. The van der Waals surface area contributed by atoms with Gasteiger partial charge in [-0.15, -0.1) is 0 Å². The van der Waals surface area contributed by atoms with Crippen molar-refractivity contribution in [3.05, 3.63) is 51.6 Å². The third kappa shape index (κ3) is 1.72. The summed E-state index contributed by atoms with van der Waals surface area (Å²) in [6, 6.07) is 6.54. The minimum atomic E-state index is -0.433. The number of fused-ring (bicyclic) bond motifs is 1. The van der Waals surface area contributed by atoms with Gasteiger partial charge in [-0.05, 0) is 46.6 Å². The third-order valence-electron chi connectivity index (χ3n) is 3.21. The molecule has 1 aliphatic heterocycles. The molecular formula is C14H10BrN3O2. The number of nitrogen functional groups attached to an aromatic ring is 1. The van der Waals surface area contributed by atoms with Gasteiger partial charge >= 0.3 is 0 Å². The zero-order valence-corrected chi connectivity index (χ0v) is 12.1. The summed E-state index contributed by atoms with van der Waals surface area (Å²) in [6.07, 6.45) is 1.57. The van der Waals surface area contributed by atoms with Crippen LogP contribution in [0.2, 0.25) is 0 Å². The molecule has 0 saturated carbocycles. The van der Waals surface area contributed by atoms with Crippen LogP contribution in [0.5, 0.6) is 0 Å². The Morgan fingerprint density at radius 2 is 2.00 bits per heavy atom. The number of carbonyl (C=O) groups excluding carboxylic acids is 2. The Labute approximate surface area is 123 Å². The van der Waals surface area contributed by atoms with Gasteiger partial charge in [0.05, 0.1) is 11.1 Å². The van der Waals surface area contributed by atoms with Crippen LogP contribution in [0, 0.1) is 6.92 Å². The molecule has 2 heterocycles. The smallest absolute Gasteiger partial charge is 0.269 e. The van der Waals surface area contributed by atoms with E-state index in [2.05, 4.69) is 20.9 Å². The molecule has 0 fully saturated rings. The number of halogens is 1. The molecule has 0 aliphatic carbocycles. The Balaban J connectivity index is 2.14. The number of pyridine rings is 1. The quantitative estimate of drug-likeness (QED) is 0.643. The maximum atomic E-state index is 12.4. The first-order valence-corrected chi connectivity index (χ1v) is 6.69. The number of carbonyl (C=O) groups is 2. The second-order valence-corrected chi connectivity index (χ2v) is 5.36. The Morgan fingerprint density at radius 3 is 2.65 bits per heavy atom. The predicted molar refractivity (Wildman–Crippen MR) is 78.7 cm³/mol. The van der Waals surface area contributed by atoms with E-state index in [4.69, 9.17) is 5.73 Å². The van der Waals surface area contributed by atoms with Crippen LogP contribution >= 0.6 is 15.9 Å². The standard InChI is InChI=1S/C14H10BrN3O2/c1-7-5-11(17-6-9(7)15)18-13(19)8-3-2-4-10(16)12(8)14(18)20/h2-6H,16H2,1H3. The Kier molecular flexibility index (Phi) is 2.83. The number of nitrogens with zero attached hydrogens (tertiary/aromatic N) is 2. The van der Waals surface area contributed by atoms with Crippen molar-refractivity contribution in [3.8, 4) is 0 Å². The van der Waals surface area contributed by atoms with Crippen LogP contribution in [0.15, 0.2) is 34.9 Å². The minimum Gasteiger partial charge on any atom is -0.398 e. The molecule has 0 saturated heterocycles. The monoisotopic (exact) mass is 331 g/mol. The van der Waals surface area contributed by atoms with Crippen LogP contribution < -0.4 is 10.6 Å². The number of aromatic nitrogens is 1. The van der Waals surface area contributed by atoms with Crippen molar-refractivity contribution in [2.75, 3.05) is 10.6 Å². The van der Waals surface area contributed by atoms with Gasteiger partial charge in [-0.1, -0.05) is 6.07 Å². The number of hydrogen-bond acceptors (Lipinski definition) is 4. The van der Waals surface area contributed by atoms with Crippen molar-refractivity contribution in [3.63, 3.8) is 0 Å². The zero-order valence-electron chi connectivity index (χ0n) is 10.6. The summed E-state index contributed by atoms with van der Waals surface area (Å²) < 4.78 is 0.817. The Hall–Kier alpha value is -2.21. The number of nitrogens with two attached hydrogens (primary N) is 1. The lowest BCUT2D eigenvalue weighted by atomic mass is 10.1. The second kappa shape index (κ2) is 4.42. The molecular weight excluding hydrogens is 322 g/mol. The van der Waals surface area contributed by atoms with Crippen LogP contribution in [0.3, 0.4) is 0 Å². The number of rotatable bonds is 1. The van der Waals surface area contributed by atoms with Gasteiger partial charge in [0.15, 0.2) is 0 Å². The van der Waals surface area contributed by atoms with E-state index in [0.29, 0.717) is 17.1 Å². The van der Waals surface area contributed by atoms with Crippen LogP contribution in [0.1, 0.15) is 26.3 Å². The summed E-state index contributed by atoms with van der Waals surface area (Å²) in [6.45, 7) is 1.86. The Bertz CT molecular complexity index is 758. The van der Waals surface area contributed by atoms with Crippen LogP contribution in [0.25, 0.3) is 0 Å². The summed E-state index contributed by atoms with van der Waals surface area (Å²) >= 11 is 3.34. The molecule has 0 radical (unpaired) electrons. The second-order valence-electron chi connectivity index (χ2n) is 4.51. The zero-order chi connectivity index (χ0) is 14.4. The molecule has 5 nitrogen and oxygen atoms in total.